The first-order chi connectivity index (χ1) is 7.62. The van der Waals surface area contributed by atoms with Gasteiger partial charge in [-0.25, -0.2) is 9.53 Å². The van der Waals surface area contributed by atoms with Crippen LogP contribution in [0.15, 0.2) is 18.2 Å². The molecule has 0 heterocycles. The Morgan fingerprint density at radius 3 is 2.47 bits per heavy atom. The molecule has 0 aliphatic rings. The Labute approximate surface area is 101 Å². The molecule has 0 aromatic heterocycles. The smallest absolute Gasteiger partial charge is 0.216 e. The lowest BCUT2D eigenvalue weighted by atomic mass is 10.1. The Morgan fingerprint density at radius 1 is 1.41 bits per heavy atom. The van der Waals surface area contributed by atoms with Gasteiger partial charge in [-0.3, -0.25) is 0 Å². The molecule has 0 saturated heterocycles. The summed E-state index contributed by atoms with van der Waals surface area (Å²) in [6.07, 6.45) is 0. The second-order valence-electron chi connectivity index (χ2n) is 3.19. The largest absolute Gasteiger partial charge is 0.287 e. The summed E-state index contributed by atoms with van der Waals surface area (Å²) in [6, 6.07) is 2.29. The molecule has 9 heteroatoms. The van der Waals surface area contributed by atoms with Crippen LogP contribution < -0.4 is 9.86 Å². The standard InChI is InChI=1S/C8H8ClF3N2O2S/c9-7-3-5(10)1-2-6(7)8(11,12)4-14-17(13,15)16/h1-3,14H,4H2,(H2,13,15,16). The number of hydrogen-bond donors (Lipinski definition) is 2. The lowest BCUT2D eigenvalue weighted by molar-refractivity contribution is 0.00215. The van der Waals surface area contributed by atoms with E-state index in [2.05, 4.69) is 5.14 Å². The van der Waals surface area contributed by atoms with Crippen LogP contribution >= 0.6 is 11.6 Å². The van der Waals surface area contributed by atoms with Crippen LogP contribution in [0.4, 0.5) is 13.2 Å². The van der Waals surface area contributed by atoms with Gasteiger partial charge < -0.3 is 0 Å². The molecule has 3 N–H and O–H groups in total. The van der Waals surface area contributed by atoms with E-state index in [1.54, 1.807) is 0 Å². The van der Waals surface area contributed by atoms with Crippen LogP contribution in [-0.4, -0.2) is 15.0 Å². The Balaban J connectivity index is 2.96. The highest BCUT2D eigenvalue weighted by atomic mass is 35.5. The highest BCUT2D eigenvalue weighted by molar-refractivity contribution is 7.87. The van der Waals surface area contributed by atoms with E-state index in [1.165, 1.54) is 4.72 Å². The molecular formula is C8H8ClF3N2O2S. The molecule has 1 rings (SSSR count). The minimum atomic E-state index is -4.23. The van der Waals surface area contributed by atoms with Crippen molar-refractivity contribution in [3.05, 3.63) is 34.6 Å². The second kappa shape index (κ2) is 4.81. The minimum Gasteiger partial charge on any atom is -0.216 e. The van der Waals surface area contributed by atoms with Crippen LogP contribution in [0.2, 0.25) is 5.02 Å². The average Bonchev–Trinajstić information content (AvgIpc) is 2.13. The number of hydrogen-bond acceptors (Lipinski definition) is 2. The molecule has 0 atom stereocenters. The molecule has 0 unspecified atom stereocenters. The topological polar surface area (TPSA) is 72.2 Å². The third-order valence-corrected chi connectivity index (χ3v) is 2.68. The summed E-state index contributed by atoms with van der Waals surface area (Å²) in [4.78, 5) is 0. The first kappa shape index (κ1) is 14.2. The summed E-state index contributed by atoms with van der Waals surface area (Å²) in [6.45, 7) is -1.25. The molecule has 1 aromatic carbocycles. The molecular weight excluding hydrogens is 281 g/mol. The molecule has 0 amide bonds. The SMILES string of the molecule is NS(=O)(=O)NCC(F)(F)c1ccc(F)cc1Cl. The second-order valence-corrected chi connectivity index (χ2v) is 4.98. The summed E-state index contributed by atoms with van der Waals surface area (Å²) in [7, 11) is -4.23. The van der Waals surface area contributed by atoms with E-state index in [0.29, 0.717) is 6.07 Å². The molecule has 17 heavy (non-hydrogen) atoms. The van der Waals surface area contributed by atoms with Gasteiger partial charge in [0.2, 0.25) is 0 Å². The van der Waals surface area contributed by atoms with Gasteiger partial charge in [-0.05, 0) is 18.2 Å². The summed E-state index contributed by atoms with van der Waals surface area (Å²) in [5.41, 5.74) is -0.684. The summed E-state index contributed by atoms with van der Waals surface area (Å²) < 4.78 is 62.1. The van der Waals surface area contributed by atoms with E-state index in [4.69, 9.17) is 11.6 Å². The molecule has 0 aliphatic carbocycles. The van der Waals surface area contributed by atoms with Gasteiger partial charge in [0.1, 0.15) is 5.82 Å². The normalized spacial score (nSPS) is 12.8. The zero-order chi connectivity index (χ0) is 13.3. The van der Waals surface area contributed by atoms with Crippen molar-refractivity contribution in [1.29, 1.82) is 0 Å². The Bertz CT molecular complexity index is 522. The third kappa shape index (κ3) is 4.15. The van der Waals surface area contributed by atoms with Gasteiger partial charge >= 0.3 is 0 Å². The van der Waals surface area contributed by atoms with Crippen molar-refractivity contribution < 1.29 is 21.6 Å². The first-order valence-corrected chi connectivity index (χ1v) is 6.15. The minimum absolute atomic E-state index is 0.494. The van der Waals surface area contributed by atoms with Crippen LogP contribution in [0.1, 0.15) is 5.56 Å². The van der Waals surface area contributed by atoms with Crippen molar-refractivity contribution in [2.24, 2.45) is 5.14 Å². The van der Waals surface area contributed by atoms with Crippen LogP contribution in [-0.2, 0) is 16.1 Å². The van der Waals surface area contributed by atoms with Gasteiger partial charge in [0.25, 0.3) is 16.1 Å². The van der Waals surface area contributed by atoms with E-state index in [0.717, 1.165) is 12.1 Å². The van der Waals surface area contributed by atoms with Crippen LogP contribution in [0.3, 0.4) is 0 Å². The average molecular weight is 289 g/mol. The van der Waals surface area contributed by atoms with Crippen molar-refractivity contribution in [3.8, 4) is 0 Å². The zero-order valence-corrected chi connectivity index (χ0v) is 9.83. The van der Waals surface area contributed by atoms with Crippen LogP contribution in [0.25, 0.3) is 0 Å². The van der Waals surface area contributed by atoms with Gasteiger partial charge in [0.15, 0.2) is 0 Å². The monoisotopic (exact) mass is 288 g/mol. The Kier molecular flexibility index (Phi) is 4.03. The predicted octanol–water partition coefficient (Wildman–Crippen LogP) is 1.36. The molecule has 0 radical (unpaired) electrons. The maximum Gasteiger partial charge on any atom is 0.287 e. The van der Waals surface area contributed by atoms with Gasteiger partial charge in [-0.15, -0.1) is 0 Å². The molecule has 0 bridgehead atoms. The van der Waals surface area contributed by atoms with Crippen LogP contribution in [0.5, 0.6) is 0 Å². The lowest BCUT2D eigenvalue weighted by Crippen LogP contribution is -2.38. The first-order valence-electron chi connectivity index (χ1n) is 4.22. The Morgan fingerprint density at radius 2 is 2.00 bits per heavy atom. The predicted molar refractivity (Wildman–Crippen MR) is 56.4 cm³/mol. The molecule has 1 aromatic rings. The number of benzene rings is 1. The van der Waals surface area contributed by atoms with Gasteiger partial charge in [0, 0.05) is 5.56 Å². The third-order valence-electron chi connectivity index (χ3n) is 1.82. The highest BCUT2D eigenvalue weighted by Crippen LogP contribution is 2.33. The molecule has 96 valence electrons. The molecule has 0 spiro atoms. The van der Waals surface area contributed by atoms with Crippen LogP contribution in [0, 0.1) is 5.82 Å². The fourth-order valence-corrected chi connectivity index (χ4v) is 1.76. The fraction of sp³-hybridized carbons (Fsp3) is 0.250. The van der Waals surface area contributed by atoms with Gasteiger partial charge in [0.05, 0.1) is 11.6 Å². The number of rotatable bonds is 4. The van der Waals surface area contributed by atoms with Crippen molar-refractivity contribution in [1.82, 2.24) is 4.72 Å². The quantitative estimate of drug-likeness (QED) is 0.878. The number of alkyl halides is 2. The number of halogens is 4. The molecule has 0 saturated carbocycles. The molecule has 0 fully saturated rings. The summed E-state index contributed by atoms with van der Waals surface area (Å²) >= 11 is 5.44. The summed E-state index contributed by atoms with van der Waals surface area (Å²) in [5, 5.41) is 4.02. The van der Waals surface area contributed by atoms with Gasteiger partial charge in [-0.2, -0.15) is 21.9 Å². The number of nitrogens with two attached hydrogens (primary N) is 1. The van der Waals surface area contributed by atoms with E-state index in [9.17, 15) is 21.6 Å². The van der Waals surface area contributed by atoms with E-state index >= 15 is 0 Å². The molecule has 0 aliphatic heterocycles. The maximum absolute atomic E-state index is 13.5. The van der Waals surface area contributed by atoms with E-state index in [1.807, 2.05) is 0 Å². The maximum atomic E-state index is 13.5. The van der Waals surface area contributed by atoms with E-state index < -0.39 is 39.1 Å². The zero-order valence-electron chi connectivity index (χ0n) is 8.25. The number of nitrogens with one attached hydrogen (secondary N) is 1. The van der Waals surface area contributed by atoms with Gasteiger partial charge in [-0.1, -0.05) is 11.6 Å². The van der Waals surface area contributed by atoms with Crippen molar-refractivity contribution in [3.63, 3.8) is 0 Å². The van der Waals surface area contributed by atoms with E-state index in [-0.39, 0.29) is 0 Å². The Hall–Kier alpha value is -0.830. The van der Waals surface area contributed by atoms with Crippen molar-refractivity contribution >= 4 is 21.8 Å². The van der Waals surface area contributed by atoms with Crippen molar-refractivity contribution in [2.75, 3.05) is 6.54 Å². The highest BCUT2D eigenvalue weighted by Gasteiger charge is 2.34. The lowest BCUT2D eigenvalue weighted by Gasteiger charge is -2.17. The fourth-order valence-electron chi connectivity index (χ4n) is 1.07. The molecule has 4 nitrogen and oxygen atoms in total. The van der Waals surface area contributed by atoms with Crippen molar-refractivity contribution in [2.45, 2.75) is 5.92 Å². The summed E-state index contributed by atoms with van der Waals surface area (Å²) in [5.74, 6) is -4.36.